The van der Waals surface area contributed by atoms with Crippen molar-refractivity contribution in [1.82, 2.24) is 14.8 Å². The van der Waals surface area contributed by atoms with Gasteiger partial charge >= 0.3 is 0 Å². The predicted molar refractivity (Wildman–Crippen MR) is 109 cm³/mol. The van der Waals surface area contributed by atoms with Gasteiger partial charge in [-0.2, -0.15) is 0 Å². The van der Waals surface area contributed by atoms with Gasteiger partial charge in [-0.1, -0.05) is 18.9 Å². The Hall–Kier alpha value is -2.15. The van der Waals surface area contributed by atoms with E-state index in [4.69, 9.17) is 4.74 Å². The molecule has 1 aromatic heterocycles. The third-order valence-corrected chi connectivity index (χ3v) is 6.86. The number of hydrogen-bond acceptors (Lipinski definition) is 4. The van der Waals surface area contributed by atoms with Crippen molar-refractivity contribution in [1.29, 1.82) is 0 Å². The number of likely N-dealkylation sites (tertiary alicyclic amines) is 1. The summed E-state index contributed by atoms with van der Waals surface area (Å²) in [6.07, 6.45) is 5.55. The van der Waals surface area contributed by atoms with E-state index in [1.165, 1.54) is 0 Å². The van der Waals surface area contributed by atoms with Gasteiger partial charge in [0.1, 0.15) is 0 Å². The minimum absolute atomic E-state index is 0.0242. The number of hydrogen-bond donors (Lipinski definition) is 1. The van der Waals surface area contributed by atoms with Crippen molar-refractivity contribution in [2.75, 3.05) is 33.4 Å². The molecule has 2 fully saturated rings. The van der Waals surface area contributed by atoms with Gasteiger partial charge in [-0.3, -0.25) is 14.4 Å². The maximum Gasteiger partial charge on any atom is 0.251 e. The van der Waals surface area contributed by atoms with E-state index in [1.54, 1.807) is 19.2 Å². The predicted octanol–water partition coefficient (Wildman–Crippen LogP) is 1.68. The maximum atomic E-state index is 13.1. The highest BCUT2D eigenvalue weighted by molar-refractivity contribution is 5.79. The molecule has 0 unspecified atom stereocenters. The van der Waals surface area contributed by atoms with Gasteiger partial charge in [0, 0.05) is 56.8 Å². The molecule has 0 aromatic carbocycles. The third-order valence-electron chi connectivity index (χ3n) is 6.86. The van der Waals surface area contributed by atoms with E-state index in [-0.39, 0.29) is 41.2 Å². The summed E-state index contributed by atoms with van der Waals surface area (Å²) in [5.74, 6) is 0.739. The smallest absolute Gasteiger partial charge is 0.251 e. The first-order chi connectivity index (χ1) is 14.1. The topological polar surface area (TPSA) is 80.6 Å². The Morgan fingerprint density at radius 2 is 2.00 bits per heavy atom. The number of methoxy groups -OCH3 is 1. The summed E-state index contributed by atoms with van der Waals surface area (Å²) < 4.78 is 6.84. The zero-order valence-corrected chi connectivity index (χ0v) is 17.1. The van der Waals surface area contributed by atoms with E-state index in [1.807, 2.05) is 15.5 Å². The van der Waals surface area contributed by atoms with Crippen LogP contribution in [0.2, 0.25) is 0 Å². The number of piperidine rings is 1. The van der Waals surface area contributed by atoms with E-state index in [2.05, 4.69) is 5.32 Å². The molecule has 2 aliphatic heterocycles. The van der Waals surface area contributed by atoms with Crippen molar-refractivity contribution in [3.63, 3.8) is 0 Å². The van der Waals surface area contributed by atoms with E-state index in [9.17, 15) is 14.4 Å². The van der Waals surface area contributed by atoms with Crippen LogP contribution in [0.1, 0.15) is 56.2 Å². The highest BCUT2D eigenvalue weighted by atomic mass is 16.5. The second kappa shape index (κ2) is 8.69. The summed E-state index contributed by atoms with van der Waals surface area (Å²) in [7, 11) is 1.57. The third kappa shape index (κ3) is 4.10. The van der Waals surface area contributed by atoms with Gasteiger partial charge < -0.3 is 19.5 Å². The molecule has 4 rings (SSSR count). The highest BCUT2D eigenvalue weighted by Gasteiger charge is 2.43. The monoisotopic (exact) mass is 401 g/mol. The Labute approximate surface area is 171 Å². The highest BCUT2D eigenvalue weighted by Crippen LogP contribution is 2.41. The summed E-state index contributed by atoms with van der Waals surface area (Å²) in [4.78, 5) is 39.9. The standard InChI is InChI=1S/C22H31N3O4/c1-29-10-9-20(26)23-12-19-17-11-16(18-7-4-8-21(27)25(18)19)13-24(14-17)22(28)15-5-2-3-6-15/h4,7-8,15-17,19H,2-3,5-6,9-14H2,1H3,(H,23,26)/t16-,17+,19+/m1/s1. The fourth-order valence-electron chi connectivity index (χ4n) is 5.42. The van der Waals surface area contributed by atoms with Gasteiger partial charge in [0.25, 0.3) is 5.56 Å². The lowest BCUT2D eigenvalue weighted by atomic mass is 9.78. The van der Waals surface area contributed by atoms with Crippen molar-refractivity contribution in [3.05, 3.63) is 34.2 Å². The second-order valence-corrected chi connectivity index (χ2v) is 8.69. The Morgan fingerprint density at radius 1 is 1.21 bits per heavy atom. The number of rotatable bonds is 6. The molecule has 1 aliphatic carbocycles. The van der Waals surface area contributed by atoms with Gasteiger partial charge in [0.2, 0.25) is 11.8 Å². The van der Waals surface area contributed by atoms with Crippen LogP contribution in [-0.2, 0) is 14.3 Å². The van der Waals surface area contributed by atoms with Gasteiger partial charge in [0.15, 0.2) is 0 Å². The van der Waals surface area contributed by atoms with Crippen LogP contribution in [0, 0.1) is 11.8 Å². The van der Waals surface area contributed by atoms with Crippen LogP contribution in [0.5, 0.6) is 0 Å². The number of aromatic nitrogens is 1. The quantitative estimate of drug-likeness (QED) is 0.786. The molecular formula is C22H31N3O4. The molecule has 3 aliphatic rings. The molecule has 3 atom stereocenters. The Balaban J connectivity index is 1.56. The first-order valence-corrected chi connectivity index (χ1v) is 10.8. The zero-order valence-electron chi connectivity index (χ0n) is 17.1. The molecule has 1 saturated carbocycles. The van der Waals surface area contributed by atoms with Crippen LogP contribution in [0.15, 0.2) is 23.0 Å². The average molecular weight is 402 g/mol. The van der Waals surface area contributed by atoms with E-state index in [0.717, 1.165) is 37.8 Å². The summed E-state index contributed by atoms with van der Waals surface area (Å²) >= 11 is 0. The first kappa shape index (κ1) is 20.1. The number of amides is 2. The lowest BCUT2D eigenvalue weighted by Crippen LogP contribution is -2.54. The molecule has 3 heterocycles. The molecule has 1 aromatic rings. The number of nitrogens with zero attached hydrogens (tertiary/aromatic N) is 2. The van der Waals surface area contributed by atoms with Crippen LogP contribution in [0.3, 0.4) is 0 Å². The lowest BCUT2D eigenvalue weighted by molar-refractivity contribution is -0.138. The first-order valence-electron chi connectivity index (χ1n) is 10.8. The minimum Gasteiger partial charge on any atom is -0.384 e. The van der Waals surface area contributed by atoms with E-state index in [0.29, 0.717) is 32.7 Å². The van der Waals surface area contributed by atoms with Gasteiger partial charge in [0.05, 0.1) is 12.6 Å². The minimum atomic E-state index is -0.124. The molecule has 2 bridgehead atoms. The van der Waals surface area contributed by atoms with Crippen molar-refractivity contribution in [2.45, 2.75) is 50.5 Å². The molecular weight excluding hydrogens is 370 g/mol. The number of ether oxygens (including phenoxy) is 1. The fourth-order valence-corrected chi connectivity index (χ4v) is 5.42. The number of pyridine rings is 1. The number of carbonyl (C=O) groups is 2. The molecule has 7 nitrogen and oxygen atoms in total. The number of carbonyl (C=O) groups excluding carboxylic acids is 2. The van der Waals surface area contributed by atoms with Crippen LogP contribution >= 0.6 is 0 Å². The number of fused-ring (bicyclic) bond motifs is 4. The molecule has 1 saturated heterocycles. The average Bonchev–Trinajstić information content (AvgIpc) is 3.26. The van der Waals surface area contributed by atoms with Crippen molar-refractivity contribution in [2.24, 2.45) is 11.8 Å². The normalized spacial score (nSPS) is 26.2. The summed E-state index contributed by atoms with van der Waals surface area (Å²) in [5, 5.41) is 2.98. The van der Waals surface area contributed by atoms with Crippen LogP contribution in [-0.4, -0.2) is 54.6 Å². The fraction of sp³-hybridized carbons (Fsp3) is 0.682. The largest absolute Gasteiger partial charge is 0.384 e. The maximum absolute atomic E-state index is 13.1. The summed E-state index contributed by atoms with van der Waals surface area (Å²) in [6, 6.07) is 5.28. The zero-order chi connectivity index (χ0) is 20.4. The lowest BCUT2D eigenvalue weighted by Gasteiger charge is -2.47. The van der Waals surface area contributed by atoms with Gasteiger partial charge in [-0.25, -0.2) is 0 Å². The second-order valence-electron chi connectivity index (χ2n) is 8.69. The molecule has 2 amide bonds. The molecule has 0 spiro atoms. The van der Waals surface area contributed by atoms with Gasteiger partial charge in [-0.15, -0.1) is 0 Å². The molecule has 7 heteroatoms. The van der Waals surface area contributed by atoms with E-state index >= 15 is 0 Å². The summed E-state index contributed by atoms with van der Waals surface area (Å²) in [6.45, 7) is 2.15. The molecule has 29 heavy (non-hydrogen) atoms. The number of nitrogens with one attached hydrogen (secondary N) is 1. The SMILES string of the molecule is COCCC(=O)NC[C@H]1[C@H]2C[C@H](CN(C(=O)C3CCCC3)C2)c2cccc(=O)n21. The van der Waals surface area contributed by atoms with Crippen LogP contribution < -0.4 is 10.9 Å². The molecule has 158 valence electrons. The summed E-state index contributed by atoms with van der Waals surface area (Å²) in [5.41, 5.74) is 0.970. The van der Waals surface area contributed by atoms with Crippen molar-refractivity contribution >= 4 is 11.8 Å². The van der Waals surface area contributed by atoms with E-state index < -0.39 is 0 Å². The molecule has 0 radical (unpaired) electrons. The molecule has 1 N–H and O–H groups in total. The van der Waals surface area contributed by atoms with Crippen molar-refractivity contribution in [3.8, 4) is 0 Å². The van der Waals surface area contributed by atoms with Gasteiger partial charge in [-0.05, 0) is 31.2 Å². The Morgan fingerprint density at radius 3 is 2.76 bits per heavy atom. The van der Waals surface area contributed by atoms with Crippen LogP contribution in [0.4, 0.5) is 0 Å². The Bertz CT molecular complexity index is 815. The van der Waals surface area contributed by atoms with Crippen molar-refractivity contribution < 1.29 is 14.3 Å². The van der Waals surface area contributed by atoms with Crippen LogP contribution in [0.25, 0.3) is 0 Å². The Kier molecular flexibility index (Phi) is 6.04.